The number of amides is 1. The minimum atomic E-state index is -0.370. The van der Waals surface area contributed by atoms with E-state index in [0.29, 0.717) is 13.2 Å². The number of carbonyl (C=O) groups is 1. The highest BCUT2D eigenvalue weighted by atomic mass is 32.1. The van der Waals surface area contributed by atoms with E-state index in [0.717, 1.165) is 16.8 Å². The van der Waals surface area contributed by atoms with Gasteiger partial charge in [-0.15, -0.1) is 0 Å². The van der Waals surface area contributed by atoms with Crippen LogP contribution in [0.3, 0.4) is 0 Å². The van der Waals surface area contributed by atoms with Crippen LogP contribution >= 0.6 is 12.2 Å². The van der Waals surface area contributed by atoms with E-state index in [1.54, 1.807) is 6.92 Å². The topological polar surface area (TPSA) is 38.3 Å². The molecule has 1 amide bonds. The Hall–Kier alpha value is -1.42. The van der Waals surface area contributed by atoms with Crippen molar-refractivity contribution in [1.82, 2.24) is 5.32 Å². The molecule has 0 saturated heterocycles. The van der Waals surface area contributed by atoms with Gasteiger partial charge in [0.15, 0.2) is 0 Å². The van der Waals surface area contributed by atoms with Gasteiger partial charge in [0, 0.05) is 11.4 Å². The molecule has 1 aromatic carbocycles. The molecule has 0 aliphatic carbocycles. The molecule has 0 radical (unpaired) electrons. The molecule has 1 N–H and O–H groups in total. The van der Waals surface area contributed by atoms with E-state index in [4.69, 9.17) is 17.0 Å². The largest absolute Gasteiger partial charge is 0.450 e. The second kappa shape index (κ2) is 7.11. The quantitative estimate of drug-likeness (QED) is 0.657. The molecule has 0 spiro atoms. The first kappa shape index (κ1) is 14.6. The molecular weight excluding hydrogens is 246 g/mol. The normalized spacial score (nSPS) is 9.94. The van der Waals surface area contributed by atoms with Gasteiger partial charge in [0.05, 0.1) is 6.61 Å². The smallest absolute Gasteiger partial charge is 0.407 e. The number of carbonyl (C=O) groups excluding carboxylic acids is 1. The molecule has 0 aliphatic heterocycles. The molecule has 18 heavy (non-hydrogen) atoms. The Bertz CT molecular complexity index is 443. The summed E-state index contributed by atoms with van der Waals surface area (Å²) >= 11 is 5.22. The van der Waals surface area contributed by atoms with Crippen LogP contribution < -0.4 is 5.32 Å². The Labute approximate surface area is 114 Å². The standard InChI is InChI=1S/C14H19NO2S/c1-4-17-14(16)15-8-7-12-9-10(2)5-6-13(12)11(3)18/h5-6,9H,4,7-8H2,1-3H3,(H,15,16). The van der Waals surface area contributed by atoms with Crippen molar-refractivity contribution in [2.45, 2.75) is 27.2 Å². The van der Waals surface area contributed by atoms with Crippen molar-refractivity contribution in [3.05, 3.63) is 34.9 Å². The summed E-state index contributed by atoms with van der Waals surface area (Å²) in [6, 6.07) is 6.20. The summed E-state index contributed by atoms with van der Waals surface area (Å²) in [5.41, 5.74) is 3.45. The lowest BCUT2D eigenvalue weighted by atomic mass is 10.00. The van der Waals surface area contributed by atoms with Gasteiger partial charge >= 0.3 is 6.09 Å². The first-order chi connectivity index (χ1) is 8.54. The molecule has 0 unspecified atom stereocenters. The van der Waals surface area contributed by atoms with Gasteiger partial charge in [0.25, 0.3) is 0 Å². The molecule has 98 valence electrons. The summed E-state index contributed by atoms with van der Waals surface area (Å²) in [5.74, 6) is 0. The molecule has 1 aromatic rings. The van der Waals surface area contributed by atoms with Gasteiger partial charge in [-0.1, -0.05) is 36.0 Å². The molecular formula is C14H19NO2S. The number of rotatable bonds is 5. The van der Waals surface area contributed by atoms with Gasteiger partial charge in [-0.25, -0.2) is 4.79 Å². The van der Waals surface area contributed by atoms with E-state index in [1.165, 1.54) is 11.1 Å². The van der Waals surface area contributed by atoms with Crippen molar-refractivity contribution in [2.75, 3.05) is 13.2 Å². The van der Waals surface area contributed by atoms with Gasteiger partial charge in [-0.05, 0) is 38.3 Å². The molecule has 0 saturated carbocycles. The fourth-order valence-corrected chi connectivity index (χ4v) is 1.95. The van der Waals surface area contributed by atoms with E-state index in [1.807, 2.05) is 26.0 Å². The van der Waals surface area contributed by atoms with Crippen LogP contribution in [0.4, 0.5) is 4.79 Å². The fourth-order valence-electron chi connectivity index (χ4n) is 1.75. The lowest BCUT2D eigenvalue weighted by molar-refractivity contribution is 0.152. The molecule has 0 fully saturated rings. The van der Waals surface area contributed by atoms with Gasteiger partial charge in [-0.2, -0.15) is 0 Å². The Morgan fingerprint density at radius 3 is 2.78 bits per heavy atom. The first-order valence-electron chi connectivity index (χ1n) is 6.05. The number of aryl methyl sites for hydroxylation is 1. The van der Waals surface area contributed by atoms with E-state index < -0.39 is 0 Å². The highest BCUT2D eigenvalue weighted by Crippen LogP contribution is 2.13. The Balaban J connectivity index is 2.63. The molecule has 0 aliphatic rings. The molecule has 0 bridgehead atoms. The Kier molecular flexibility index (Phi) is 5.78. The predicted octanol–water partition coefficient (Wildman–Crippen LogP) is 3.02. The molecule has 0 aromatic heterocycles. The molecule has 4 heteroatoms. The van der Waals surface area contributed by atoms with E-state index in [-0.39, 0.29) is 6.09 Å². The first-order valence-corrected chi connectivity index (χ1v) is 6.46. The summed E-state index contributed by atoms with van der Waals surface area (Å²) in [4.78, 5) is 12.0. The number of hydrogen-bond acceptors (Lipinski definition) is 3. The minimum absolute atomic E-state index is 0.370. The summed E-state index contributed by atoms with van der Waals surface area (Å²) in [5, 5.41) is 2.71. The van der Waals surface area contributed by atoms with Crippen LogP contribution in [0.5, 0.6) is 0 Å². The third kappa shape index (κ3) is 4.45. The summed E-state index contributed by atoms with van der Waals surface area (Å²) in [6.45, 7) is 6.69. The molecule has 1 rings (SSSR count). The van der Waals surface area contributed by atoms with Gasteiger partial charge in [0.2, 0.25) is 0 Å². The van der Waals surface area contributed by atoms with Gasteiger partial charge in [0.1, 0.15) is 0 Å². The van der Waals surface area contributed by atoms with Crippen molar-refractivity contribution < 1.29 is 9.53 Å². The monoisotopic (exact) mass is 265 g/mol. The number of hydrogen-bond donors (Lipinski definition) is 1. The summed E-state index contributed by atoms with van der Waals surface area (Å²) in [7, 11) is 0. The van der Waals surface area contributed by atoms with Crippen molar-refractivity contribution in [3.8, 4) is 0 Å². The van der Waals surface area contributed by atoms with Crippen LogP contribution in [-0.4, -0.2) is 24.1 Å². The zero-order valence-corrected chi connectivity index (χ0v) is 11.9. The van der Waals surface area contributed by atoms with Crippen molar-refractivity contribution in [3.63, 3.8) is 0 Å². The zero-order valence-electron chi connectivity index (χ0n) is 11.1. The second-order valence-electron chi connectivity index (χ2n) is 4.11. The number of ether oxygens (including phenoxy) is 1. The molecule has 0 atom stereocenters. The van der Waals surface area contributed by atoms with Crippen molar-refractivity contribution in [1.29, 1.82) is 0 Å². The molecule has 3 nitrogen and oxygen atoms in total. The Morgan fingerprint density at radius 2 is 2.17 bits per heavy atom. The summed E-state index contributed by atoms with van der Waals surface area (Å²) < 4.78 is 4.81. The van der Waals surface area contributed by atoms with Gasteiger partial charge < -0.3 is 10.1 Å². The van der Waals surface area contributed by atoms with Crippen LogP contribution in [0.15, 0.2) is 18.2 Å². The van der Waals surface area contributed by atoms with E-state index in [2.05, 4.69) is 11.4 Å². The fraction of sp³-hybridized carbons (Fsp3) is 0.429. The van der Waals surface area contributed by atoms with Crippen molar-refractivity contribution in [2.24, 2.45) is 0 Å². The highest BCUT2D eigenvalue weighted by molar-refractivity contribution is 7.80. The average molecular weight is 265 g/mol. The number of thiocarbonyl (C=S) groups is 1. The van der Waals surface area contributed by atoms with E-state index in [9.17, 15) is 4.79 Å². The van der Waals surface area contributed by atoms with Crippen LogP contribution in [-0.2, 0) is 11.2 Å². The third-order valence-electron chi connectivity index (χ3n) is 2.58. The SMILES string of the molecule is CCOC(=O)NCCc1cc(C)ccc1C(C)=S. The number of benzene rings is 1. The lowest BCUT2D eigenvalue weighted by Gasteiger charge is -2.10. The maximum Gasteiger partial charge on any atom is 0.407 e. The second-order valence-corrected chi connectivity index (χ2v) is 4.73. The minimum Gasteiger partial charge on any atom is -0.450 e. The Morgan fingerprint density at radius 1 is 1.44 bits per heavy atom. The average Bonchev–Trinajstić information content (AvgIpc) is 2.29. The molecule has 0 heterocycles. The number of nitrogens with one attached hydrogen (secondary N) is 1. The highest BCUT2D eigenvalue weighted by Gasteiger charge is 2.06. The third-order valence-corrected chi connectivity index (χ3v) is 2.80. The predicted molar refractivity (Wildman–Crippen MR) is 77.3 cm³/mol. The van der Waals surface area contributed by atoms with Gasteiger partial charge in [-0.3, -0.25) is 0 Å². The van der Waals surface area contributed by atoms with E-state index >= 15 is 0 Å². The number of alkyl carbamates (subject to hydrolysis) is 1. The maximum atomic E-state index is 11.2. The van der Waals surface area contributed by atoms with Crippen molar-refractivity contribution >= 4 is 23.2 Å². The lowest BCUT2D eigenvalue weighted by Crippen LogP contribution is -2.26. The maximum absolute atomic E-state index is 11.2. The van der Waals surface area contributed by atoms with Crippen LogP contribution in [0.1, 0.15) is 30.5 Å². The summed E-state index contributed by atoms with van der Waals surface area (Å²) in [6.07, 6.45) is 0.384. The zero-order chi connectivity index (χ0) is 13.5. The van der Waals surface area contributed by atoms with Crippen LogP contribution in [0.2, 0.25) is 0 Å². The van der Waals surface area contributed by atoms with Crippen LogP contribution in [0.25, 0.3) is 0 Å². The van der Waals surface area contributed by atoms with Crippen LogP contribution in [0, 0.1) is 6.92 Å².